The summed E-state index contributed by atoms with van der Waals surface area (Å²) < 4.78 is 5.57. The van der Waals surface area contributed by atoms with Gasteiger partial charge in [0.15, 0.2) is 0 Å². The van der Waals surface area contributed by atoms with Crippen LogP contribution < -0.4 is 5.73 Å². The molecule has 0 aromatic rings. The maximum atomic E-state index is 5.77. The third kappa shape index (κ3) is 1.16. The van der Waals surface area contributed by atoms with Gasteiger partial charge in [-0.3, -0.25) is 4.90 Å². The Bertz CT molecular complexity index is 174. The molecule has 2 rings (SSSR count). The average molecular weight is 170 g/mol. The van der Waals surface area contributed by atoms with Crippen molar-refractivity contribution in [2.45, 2.75) is 31.3 Å². The van der Waals surface area contributed by atoms with Crippen molar-refractivity contribution in [1.29, 1.82) is 0 Å². The molecule has 12 heavy (non-hydrogen) atoms. The molecule has 3 nitrogen and oxygen atoms in total. The zero-order chi connectivity index (χ0) is 8.60. The van der Waals surface area contributed by atoms with Crippen LogP contribution in [0.4, 0.5) is 0 Å². The number of fused-ring (bicyclic) bond motifs is 1. The fourth-order valence-corrected chi connectivity index (χ4v) is 2.39. The normalized spacial score (nSPS) is 43.0. The first-order valence-corrected chi connectivity index (χ1v) is 4.81. The fourth-order valence-electron chi connectivity index (χ4n) is 2.39. The van der Waals surface area contributed by atoms with Crippen LogP contribution in [0, 0.1) is 0 Å². The van der Waals surface area contributed by atoms with Gasteiger partial charge in [0.2, 0.25) is 0 Å². The Kier molecular flexibility index (Phi) is 2.10. The predicted octanol–water partition coefficient (Wildman–Crippen LogP) is 0.198. The van der Waals surface area contributed by atoms with E-state index < -0.39 is 0 Å². The van der Waals surface area contributed by atoms with Crippen molar-refractivity contribution in [2.75, 3.05) is 26.3 Å². The quantitative estimate of drug-likeness (QED) is 0.611. The largest absolute Gasteiger partial charge is 0.378 e. The first-order chi connectivity index (χ1) is 5.76. The number of ether oxygens (including phenoxy) is 1. The summed E-state index contributed by atoms with van der Waals surface area (Å²) in [6.07, 6.45) is 2.60. The Morgan fingerprint density at radius 1 is 1.67 bits per heavy atom. The number of nitrogens with two attached hydrogens (primary N) is 1. The molecule has 0 aliphatic carbocycles. The van der Waals surface area contributed by atoms with Gasteiger partial charge in [-0.15, -0.1) is 0 Å². The summed E-state index contributed by atoms with van der Waals surface area (Å²) >= 11 is 0. The van der Waals surface area contributed by atoms with Crippen LogP contribution in [0.3, 0.4) is 0 Å². The van der Waals surface area contributed by atoms with E-state index >= 15 is 0 Å². The van der Waals surface area contributed by atoms with Crippen molar-refractivity contribution in [3.05, 3.63) is 0 Å². The van der Waals surface area contributed by atoms with Crippen molar-refractivity contribution in [2.24, 2.45) is 5.73 Å². The SMILES string of the molecule is C[C@@]1(CN)COC[C@@H]2CCCN21. The van der Waals surface area contributed by atoms with Crippen molar-refractivity contribution >= 4 is 0 Å². The van der Waals surface area contributed by atoms with Crippen LogP contribution in [0.25, 0.3) is 0 Å². The lowest BCUT2D eigenvalue weighted by Gasteiger charge is -2.45. The standard InChI is InChI=1S/C9H18N2O/c1-9(6-10)7-12-5-8-3-2-4-11(8)9/h8H,2-7,10H2,1H3/t8-,9+/m0/s1. The molecule has 0 aromatic carbocycles. The molecule has 0 saturated carbocycles. The van der Waals surface area contributed by atoms with E-state index in [2.05, 4.69) is 11.8 Å². The summed E-state index contributed by atoms with van der Waals surface area (Å²) in [7, 11) is 0. The minimum atomic E-state index is 0.111. The van der Waals surface area contributed by atoms with Crippen LogP contribution in [0.1, 0.15) is 19.8 Å². The van der Waals surface area contributed by atoms with Gasteiger partial charge >= 0.3 is 0 Å². The van der Waals surface area contributed by atoms with E-state index in [-0.39, 0.29) is 5.54 Å². The van der Waals surface area contributed by atoms with Crippen molar-refractivity contribution in [3.63, 3.8) is 0 Å². The Balaban J connectivity index is 2.13. The molecule has 2 fully saturated rings. The summed E-state index contributed by atoms with van der Waals surface area (Å²) in [5.41, 5.74) is 5.88. The Morgan fingerprint density at radius 2 is 2.50 bits per heavy atom. The summed E-state index contributed by atoms with van der Waals surface area (Å²) in [5.74, 6) is 0. The van der Waals surface area contributed by atoms with Gasteiger partial charge in [0.1, 0.15) is 0 Å². The van der Waals surface area contributed by atoms with Crippen LogP contribution in [0.15, 0.2) is 0 Å². The monoisotopic (exact) mass is 170 g/mol. The molecular formula is C9H18N2O. The second kappa shape index (κ2) is 2.98. The van der Waals surface area contributed by atoms with E-state index in [0.29, 0.717) is 12.6 Å². The second-order valence-electron chi connectivity index (χ2n) is 4.21. The molecule has 0 amide bonds. The van der Waals surface area contributed by atoms with Crippen LogP contribution in [-0.2, 0) is 4.74 Å². The van der Waals surface area contributed by atoms with Crippen LogP contribution in [0.5, 0.6) is 0 Å². The maximum absolute atomic E-state index is 5.77. The van der Waals surface area contributed by atoms with Gasteiger partial charge in [-0.25, -0.2) is 0 Å². The summed E-state index contributed by atoms with van der Waals surface area (Å²) in [6, 6.07) is 0.646. The van der Waals surface area contributed by atoms with Crippen LogP contribution in [-0.4, -0.2) is 42.8 Å². The molecule has 0 radical (unpaired) electrons. The molecule has 0 spiro atoms. The third-order valence-corrected chi connectivity index (χ3v) is 3.23. The molecule has 2 aliphatic rings. The first kappa shape index (κ1) is 8.48. The Hall–Kier alpha value is -0.120. The molecule has 2 heterocycles. The third-order valence-electron chi connectivity index (χ3n) is 3.23. The molecule has 0 unspecified atom stereocenters. The van der Waals surface area contributed by atoms with E-state index in [1.165, 1.54) is 19.4 Å². The van der Waals surface area contributed by atoms with Gasteiger partial charge in [-0.05, 0) is 26.3 Å². The fraction of sp³-hybridized carbons (Fsp3) is 1.00. The van der Waals surface area contributed by atoms with Gasteiger partial charge in [-0.2, -0.15) is 0 Å². The minimum Gasteiger partial charge on any atom is -0.378 e. The molecule has 0 bridgehead atoms. The van der Waals surface area contributed by atoms with E-state index in [4.69, 9.17) is 10.5 Å². The molecular weight excluding hydrogens is 152 g/mol. The van der Waals surface area contributed by atoms with Gasteiger partial charge in [0, 0.05) is 12.6 Å². The van der Waals surface area contributed by atoms with Crippen molar-refractivity contribution in [1.82, 2.24) is 4.90 Å². The van der Waals surface area contributed by atoms with Gasteiger partial charge in [-0.1, -0.05) is 0 Å². The topological polar surface area (TPSA) is 38.5 Å². The van der Waals surface area contributed by atoms with Gasteiger partial charge in [0.05, 0.1) is 18.8 Å². The van der Waals surface area contributed by atoms with E-state index in [9.17, 15) is 0 Å². The predicted molar refractivity (Wildman–Crippen MR) is 48.0 cm³/mol. The highest BCUT2D eigenvalue weighted by molar-refractivity contribution is 4.97. The highest BCUT2D eigenvalue weighted by atomic mass is 16.5. The molecule has 2 saturated heterocycles. The first-order valence-electron chi connectivity index (χ1n) is 4.81. The summed E-state index contributed by atoms with van der Waals surface area (Å²) in [5, 5.41) is 0. The molecule has 2 N–H and O–H groups in total. The van der Waals surface area contributed by atoms with E-state index in [1.807, 2.05) is 0 Å². The summed E-state index contributed by atoms with van der Waals surface area (Å²) in [6.45, 7) is 5.85. The highest BCUT2D eigenvalue weighted by Crippen LogP contribution is 2.30. The zero-order valence-corrected chi connectivity index (χ0v) is 7.75. The molecule has 0 aromatic heterocycles. The van der Waals surface area contributed by atoms with Gasteiger partial charge in [0.25, 0.3) is 0 Å². The number of hydrogen-bond acceptors (Lipinski definition) is 3. The molecule has 2 atom stereocenters. The minimum absolute atomic E-state index is 0.111. The zero-order valence-electron chi connectivity index (χ0n) is 7.75. The Morgan fingerprint density at radius 3 is 3.25 bits per heavy atom. The van der Waals surface area contributed by atoms with Gasteiger partial charge < -0.3 is 10.5 Å². The van der Waals surface area contributed by atoms with Crippen molar-refractivity contribution < 1.29 is 4.74 Å². The summed E-state index contributed by atoms with van der Waals surface area (Å²) in [4.78, 5) is 2.54. The van der Waals surface area contributed by atoms with Crippen LogP contribution >= 0.6 is 0 Å². The second-order valence-corrected chi connectivity index (χ2v) is 4.21. The lowest BCUT2D eigenvalue weighted by atomic mass is 9.98. The number of nitrogens with zero attached hydrogens (tertiary/aromatic N) is 1. The molecule has 70 valence electrons. The highest BCUT2D eigenvalue weighted by Gasteiger charge is 2.41. The number of hydrogen-bond donors (Lipinski definition) is 1. The molecule has 3 heteroatoms. The number of rotatable bonds is 1. The molecule has 2 aliphatic heterocycles. The van der Waals surface area contributed by atoms with Crippen LogP contribution in [0.2, 0.25) is 0 Å². The van der Waals surface area contributed by atoms with E-state index in [1.54, 1.807) is 0 Å². The Labute approximate surface area is 73.9 Å². The lowest BCUT2D eigenvalue weighted by molar-refractivity contribution is -0.0749. The van der Waals surface area contributed by atoms with Crippen molar-refractivity contribution in [3.8, 4) is 0 Å². The number of morpholine rings is 1. The lowest BCUT2D eigenvalue weighted by Crippen LogP contribution is -2.60. The average Bonchev–Trinajstić information content (AvgIpc) is 2.54. The van der Waals surface area contributed by atoms with E-state index in [0.717, 1.165) is 13.2 Å². The maximum Gasteiger partial charge on any atom is 0.0660 e. The smallest absolute Gasteiger partial charge is 0.0660 e.